The molecule has 0 aromatic heterocycles. The molecule has 0 atom stereocenters. The summed E-state index contributed by atoms with van der Waals surface area (Å²) in [5.74, 6) is 1.61. The molecule has 1 fully saturated rings. The van der Waals surface area contributed by atoms with Crippen LogP contribution in [0.15, 0.2) is 42.5 Å². The van der Waals surface area contributed by atoms with E-state index in [1.54, 1.807) is 26.0 Å². The molecule has 1 amide bonds. The number of nitrogens with one attached hydrogen (secondary N) is 1. The van der Waals surface area contributed by atoms with Gasteiger partial charge in [0.15, 0.2) is 0 Å². The van der Waals surface area contributed by atoms with Crippen molar-refractivity contribution in [3.8, 4) is 5.75 Å². The lowest BCUT2D eigenvalue weighted by Crippen LogP contribution is -2.22. The highest BCUT2D eigenvalue weighted by molar-refractivity contribution is 5.91. The third kappa shape index (κ3) is 3.70. The first-order chi connectivity index (χ1) is 11.6. The van der Waals surface area contributed by atoms with E-state index in [-0.39, 0.29) is 5.91 Å². The summed E-state index contributed by atoms with van der Waals surface area (Å²) < 4.78 is 5.37. The predicted octanol–water partition coefficient (Wildman–Crippen LogP) is 4.17. The number of hydrogen-bond acceptors (Lipinski definition) is 3. The number of methoxy groups -OCH3 is 1. The Kier molecular flexibility index (Phi) is 4.74. The Balaban J connectivity index is 1.76. The van der Waals surface area contributed by atoms with Gasteiger partial charge in [0.2, 0.25) is 5.91 Å². The molecule has 24 heavy (non-hydrogen) atoms. The van der Waals surface area contributed by atoms with E-state index in [0.29, 0.717) is 5.92 Å². The smallest absolute Gasteiger partial charge is 0.223 e. The molecule has 0 aliphatic heterocycles. The number of benzene rings is 2. The quantitative estimate of drug-likeness (QED) is 0.867. The normalized spacial score (nSPS) is 13.5. The molecule has 0 heterocycles. The molecule has 0 saturated heterocycles. The molecule has 126 valence electrons. The van der Waals surface area contributed by atoms with Crippen molar-refractivity contribution in [2.75, 3.05) is 24.4 Å². The Labute approximate surface area is 143 Å². The Hall–Kier alpha value is -2.49. The van der Waals surface area contributed by atoms with E-state index < -0.39 is 0 Å². The molecule has 2 aromatic rings. The van der Waals surface area contributed by atoms with Crippen LogP contribution in [0.3, 0.4) is 0 Å². The van der Waals surface area contributed by atoms with Gasteiger partial charge in [0.1, 0.15) is 5.75 Å². The second-order valence-corrected chi connectivity index (χ2v) is 6.32. The molecule has 0 unspecified atom stereocenters. The second-order valence-electron chi connectivity index (χ2n) is 6.32. The fraction of sp³-hybridized carbons (Fsp3) is 0.350. The maximum atomic E-state index is 11.5. The lowest BCUT2D eigenvalue weighted by atomic mass is 10.0. The van der Waals surface area contributed by atoms with Crippen LogP contribution in [-0.2, 0) is 11.3 Å². The summed E-state index contributed by atoms with van der Waals surface area (Å²) in [5.41, 5.74) is 4.59. The fourth-order valence-electron chi connectivity index (χ4n) is 2.86. The topological polar surface area (TPSA) is 41.6 Å². The molecular weight excluding hydrogens is 300 g/mol. The molecule has 3 rings (SSSR count). The van der Waals surface area contributed by atoms with Gasteiger partial charge < -0.3 is 15.0 Å². The molecule has 1 N–H and O–H groups in total. The summed E-state index contributed by atoms with van der Waals surface area (Å²) >= 11 is 0. The van der Waals surface area contributed by atoms with Crippen LogP contribution in [-0.4, -0.2) is 20.1 Å². The summed E-state index contributed by atoms with van der Waals surface area (Å²) in [6, 6.07) is 14.3. The molecular formula is C20H24N2O2. The highest BCUT2D eigenvalue weighted by atomic mass is 16.5. The van der Waals surface area contributed by atoms with E-state index >= 15 is 0 Å². The van der Waals surface area contributed by atoms with Crippen molar-refractivity contribution in [1.29, 1.82) is 0 Å². The number of amides is 1. The van der Waals surface area contributed by atoms with Gasteiger partial charge in [0.05, 0.1) is 7.11 Å². The van der Waals surface area contributed by atoms with Crippen molar-refractivity contribution in [2.45, 2.75) is 32.2 Å². The van der Waals surface area contributed by atoms with Gasteiger partial charge in [-0.1, -0.05) is 12.1 Å². The van der Waals surface area contributed by atoms with Crippen molar-refractivity contribution in [3.05, 3.63) is 53.6 Å². The maximum absolute atomic E-state index is 11.5. The lowest BCUT2D eigenvalue weighted by Gasteiger charge is -2.17. The predicted molar refractivity (Wildman–Crippen MR) is 97.8 cm³/mol. The van der Waals surface area contributed by atoms with Crippen LogP contribution < -0.4 is 15.0 Å². The molecule has 0 bridgehead atoms. The molecule has 1 aliphatic rings. The summed E-state index contributed by atoms with van der Waals surface area (Å²) in [6.07, 6.45) is 2.55. The van der Waals surface area contributed by atoms with Gasteiger partial charge in [-0.25, -0.2) is 0 Å². The van der Waals surface area contributed by atoms with Crippen LogP contribution in [0, 0.1) is 0 Å². The Morgan fingerprint density at radius 3 is 2.71 bits per heavy atom. The van der Waals surface area contributed by atoms with Crippen molar-refractivity contribution in [3.63, 3.8) is 0 Å². The Morgan fingerprint density at radius 1 is 1.25 bits per heavy atom. The summed E-state index contributed by atoms with van der Waals surface area (Å²) in [7, 11) is 3.49. The second kappa shape index (κ2) is 6.95. The molecule has 0 spiro atoms. The van der Waals surface area contributed by atoms with Crippen LogP contribution in [0.25, 0.3) is 0 Å². The number of hydrogen-bond donors (Lipinski definition) is 1. The SMILES string of the molecule is COc1ccc(C2CC2)c(CNc2cccc(N(C)C(C)=O)c2)c1. The van der Waals surface area contributed by atoms with E-state index in [2.05, 4.69) is 17.4 Å². The van der Waals surface area contributed by atoms with E-state index in [4.69, 9.17) is 4.74 Å². The first kappa shape index (κ1) is 16.4. The van der Waals surface area contributed by atoms with Crippen LogP contribution >= 0.6 is 0 Å². The first-order valence-corrected chi connectivity index (χ1v) is 8.33. The van der Waals surface area contributed by atoms with Crippen molar-refractivity contribution in [2.24, 2.45) is 0 Å². The molecule has 4 heteroatoms. The minimum absolute atomic E-state index is 0.0240. The lowest BCUT2D eigenvalue weighted by molar-refractivity contribution is -0.116. The average Bonchev–Trinajstić information content (AvgIpc) is 3.44. The van der Waals surface area contributed by atoms with Gasteiger partial charge in [-0.15, -0.1) is 0 Å². The van der Waals surface area contributed by atoms with Gasteiger partial charge in [0, 0.05) is 31.9 Å². The number of ether oxygens (including phenoxy) is 1. The van der Waals surface area contributed by atoms with Crippen molar-refractivity contribution in [1.82, 2.24) is 0 Å². The molecule has 1 aliphatic carbocycles. The standard InChI is InChI=1S/C20H24N2O2/c1-14(23)22(2)18-6-4-5-17(12-18)21-13-16-11-19(24-3)9-10-20(16)15-7-8-15/h4-6,9-12,15,21H,7-8,13H2,1-3H3. The highest BCUT2D eigenvalue weighted by Gasteiger charge is 2.26. The van der Waals surface area contributed by atoms with Gasteiger partial charge in [-0.2, -0.15) is 0 Å². The van der Waals surface area contributed by atoms with Crippen molar-refractivity contribution >= 4 is 17.3 Å². The Bertz CT molecular complexity index is 738. The van der Waals surface area contributed by atoms with E-state index in [1.807, 2.05) is 30.3 Å². The minimum atomic E-state index is 0.0240. The maximum Gasteiger partial charge on any atom is 0.223 e. The van der Waals surface area contributed by atoms with Gasteiger partial charge in [-0.05, 0) is 60.2 Å². The van der Waals surface area contributed by atoms with Gasteiger partial charge in [-0.3, -0.25) is 4.79 Å². The van der Waals surface area contributed by atoms with E-state index in [9.17, 15) is 4.79 Å². The monoisotopic (exact) mass is 324 g/mol. The number of rotatable bonds is 6. The Morgan fingerprint density at radius 2 is 2.04 bits per heavy atom. The molecule has 1 saturated carbocycles. The largest absolute Gasteiger partial charge is 0.497 e. The van der Waals surface area contributed by atoms with Crippen molar-refractivity contribution < 1.29 is 9.53 Å². The number of carbonyl (C=O) groups excluding carboxylic acids is 1. The molecule has 0 radical (unpaired) electrons. The first-order valence-electron chi connectivity index (χ1n) is 8.33. The van der Waals surface area contributed by atoms with E-state index in [1.165, 1.54) is 24.0 Å². The van der Waals surface area contributed by atoms with Gasteiger partial charge in [0.25, 0.3) is 0 Å². The minimum Gasteiger partial charge on any atom is -0.497 e. The number of nitrogens with zero attached hydrogens (tertiary/aromatic N) is 1. The van der Waals surface area contributed by atoms with Crippen LogP contribution in [0.1, 0.15) is 36.8 Å². The average molecular weight is 324 g/mol. The van der Waals surface area contributed by atoms with Crippen LogP contribution in [0.5, 0.6) is 5.75 Å². The van der Waals surface area contributed by atoms with Crippen LogP contribution in [0.2, 0.25) is 0 Å². The van der Waals surface area contributed by atoms with E-state index in [0.717, 1.165) is 23.7 Å². The zero-order chi connectivity index (χ0) is 17.1. The zero-order valence-corrected chi connectivity index (χ0v) is 14.5. The summed E-state index contributed by atoms with van der Waals surface area (Å²) in [5, 5.41) is 3.48. The molecule has 2 aromatic carbocycles. The zero-order valence-electron chi connectivity index (χ0n) is 14.5. The number of carbonyl (C=O) groups is 1. The summed E-state index contributed by atoms with van der Waals surface area (Å²) in [4.78, 5) is 13.2. The van der Waals surface area contributed by atoms with Gasteiger partial charge >= 0.3 is 0 Å². The molecule has 4 nitrogen and oxygen atoms in total. The third-order valence-corrected chi connectivity index (χ3v) is 4.56. The van der Waals surface area contributed by atoms with Crippen LogP contribution in [0.4, 0.5) is 11.4 Å². The highest BCUT2D eigenvalue weighted by Crippen LogP contribution is 2.42. The number of anilines is 2. The summed E-state index contributed by atoms with van der Waals surface area (Å²) in [6.45, 7) is 2.31. The fourth-order valence-corrected chi connectivity index (χ4v) is 2.86. The third-order valence-electron chi connectivity index (χ3n) is 4.56.